The van der Waals surface area contributed by atoms with Crippen LogP contribution in [0.3, 0.4) is 0 Å². The standard InChI is InChI=1S/C13H17BrN2OS/c1-8-9(2)18-6-5-16(8)13(17)10-3-4-11(14)12(15)7-10/h3-4,7-9H,5-6,15H2,1-2H3. The Morgan fingerprint density at radius 3 is 2.89 bits per heavy atom. The predicted molar refractivity (Wildman–Crippen MR) is 81.0 cm³/mol. The van der Waals surface area contributed by atoms with Crippen LogP contribution in [0.5, 0.6) is 0 Å². The van der Waals surface area contributed by atoms with Crippen LogP contribution in [0.25, 0.3) is 0 Å². The summed E-state index contributed by atoms with van der Waals surface area (Å²) in [5, 5.41) is 0.482. The van der Waals surface area contributed by atoms with Crippen LogP contribution in [0.2, 0.25) is 0 Å². The lowest BCUT2D eigenvalue weighted by molar-refractivity contribution is 0.0698. The monoisotopic (exact) mass is 328 g/mol. The van der Waals surface area contributed by atoms with Crippen molar-refractivity contribution in [2.45, 2.75) is 25.1 Å². The molecular weight excluding hydrogens is 312 g/mol. The second-order valence-corrected chi connectivity index (χ2v) is 6.89. The van der Waals surface area contributed by atoms with Gasteiger partial charge in [-0.3, -0.25) is 4.79 Å². The maximum atomic E-state index is 12.5. The van der Waals surface area contributed by atoms with E-state index in [1.165, 1.54) is 0 Å². The van der Waals surface area contributed by atoms with E-state index >= 15 is 0 Å². The van der Waals surface area contributed by atoms with Gasteiger partial charge in [-0.15, -0.1) is 0 Å². The third-order valence-corrected chi connectivity index (χ3v) is 5.45. The van der Waals surface area contributed by atoms with Crippen molar-refractivity contribution in [1.82, 2.24) is 4.90 Å². The topological polar surface area (TPSA) is 46.3 Å². The highest BCUT2D eigenvalue weighted by Crippen LogP contribution is 2.27. The molecule has 18 heavy (non-hydrogen) atoms. The van der Waals surface area contributed by atoms with Crippen molar-refractivity contribution in [1.29, 1.82) is 0 Å². The molecule has 98 valence electrons. The van der Waals surface area contributed by atoms with Gasteiger partial charge in [0, 0.05) is 39.3 Å². The molecule has 1 fully saturated rings. The molecule has 3 nitrogen and oxygen atoms in total. The second-order valence-electron chi connectivity index (χ2n) is 4.55. The number of nitrogen functional groups attached to an aromatic ring is 1. The van der Waals surface area contributed by atoms with Crippen molar-refractivity contribution >= 4 is 39.3 Å². The van der Waals surface area contributed by atoms with Crippen LogP contribution in [-0.4, -0.2) is 34.4 Å². The summed E-state index contributed by atoms with van der Waals surface area (Å²) in [6, 6.07) is 5.66. The van der Waals surface area contributed by atoms with Crippen LogP contribution in [0.4, 0.5) is 5.69 Å². The van der Waals surface area contributed by atoms with Crippen LogP contribution < -0.4 is 5.73 Å². The average Bonchev–Trinajstić information content (AvgIpc) is 2.35. The van der Waals surface area contributed by atoms with Crippen LogP contribution in [0.1, 0.15) is 24.2 Å². The number of nitrogens with two attached hydrogens (primary N) is 1. The summed E-state index contributed by atoms with van der Waals surface area (Å²) in [6.45, 7) is 5.09. The molecule has 2 unspecified atom stereocenters. The number of hydrogen-bond donors (Lipinski definition) is 1. The summed E-state index contributed by atoms with van der Waals surface area (Å²) < 4.78 is 0.828. The fourth-order valence-electron chi connectivity index (χ4n) is 2.06. The molecule has 1 saturated heterocycles. The molecule has 2 rings (SSSR count). The van der Waals surface area contributed by atoms with Crippen molar-refractivity contribution in [2.75, 3.05) is 18.0 Å². The van der Waals surface area contributed by atoms with E-state index in [0.717, 1.165) is 16.8 Å². The highest BCUT2D eigenvalue weighted by Gasteiger charge is 2.29. The highest BCUT2D eigenvalue weighted by molar-refractivity contribution is 9.10. The first-order valence-corrected chi connectivity index (χ1v) is 7.82. The van der Waals surface area contributed by atoms with Gasteiger partial charge in [-0.2, -0.15) is 11.8 Å². The fraction of sp³-hybridized carbons (Fsp3) is 0.462. The molecule has 0 aromatic heterocycles. The van der Waals surface area contributed by atoms with Gasteiger partial charge in [-0.05, 0) is 41.1 Å². The van der Waals surface area contributed by atoms with Gasteiger partial charge < -0.3 is 10.6 Å². The highest BCUT2D eigenvalue weighted by atomic mass is 79.9. The number of anilines is 1. The maximum Gasteiger partial charge on any atom is 0.254 e. The number of carbonyl (C=O) groups is 1. The normalized spacial score (nSPS) is 24.1. The number of hydrogen-bond acceptors (Lipinski definition) is 3. The third kappa shape index (κ3) is 2.67. The van der Waals surface area contributed by atoms with Crippen molar-refractivity contribution in [3.05, 3.63) is 28.2 Å². The van der Waals surface area contributed by atoms with E-state index in [2.05, 4.69) is 29.8 Å². The minimum Gasteiger partial charge on any atom is -0.398 e. The molecule has 5 heteroatoms. The van der Waals surface area contributed by atoms with Gasteiger partial charge in [-0.1, -0.05) is 6.92 Å². The molecule has 0 radical (unpaired) electrons. The van der Waals surface area contributed by atoms with E-state index in [4.69, 9.17) is 5.73 Å². The molecule has 2 atom stereocenters. The molecule has 2 N–H and O–H groups in total. The number of halogens is 1. The van der Waals surface area contributed by atoms with Crippen molar-refractivity contribution in [2.24, 2.45) is 0 Å². The Kier molecular flexibility index (Phi) is 4.22. The van der Waals surface area contributed by atoms with E-state index < -0.39 is 0 Å². The van der Waals surface area contributed by atoms with Gasteiger partial charge in [0.1, 0.15) is 0 Å². The molecular formula is C13H17BrN2OS. The first kappa shape index (κ1) is 13.7. The van der Waals surface area contributed by atoms with E-state index in [-0.39, 0.29) is 11.9 Å². The maximum absolute atomic E-state index is 12.5. The minimum atomic E-state index is 0.0776. The zero-order valence-electron chi connectivity index (χ0n) is 10.5. The Hall–Kier alpha value is -0.680. The Labute approximate surface area is 120 Å². The van der Waals surface area contributed by atoms with Gasteiger partial charge >= 0.3 is 0 Å². The summed E-state index contributed by atoms with van der Waals surface area (Å²) in [6.07, 6.45) is 0. The smallest absolute Gasteiger partial charge is 0.254 e. The number of thioether (sulfide) groups is 1. The Morgan fingerprint density at radius 2 is 2.22 bits per heavy atom. The molecule has 1 aliphatic rings. The van der Waals surface area contributed by atoms with Gasteiger partial charge in [0.2, 0.25) is 0 Å². The minimum absolute atomic E-state index is 0.0776. The van der Waals surface area contributed by atoms with Gasteiger partial charge in [0.25, 0.3) is 5.91 Å². The number of benzene rings is 1. The molecule has 1 heterocycles. The Morgan fingerprint density at radius 1 is 1.50 bits per heavy atom. The summed E-state index contributed by atoms with van der Waals surface area (Å²) in [7, 11) is 0. The molecule has 1 aromatic carbocycles. The third-order valence-electron chi connectivity index (χ3n) is 3.39. The number of nitrogens with zero attached hydrogens (tertiary/aromatic N) is 1. The van der Waals surface area contributed by atoms with Gasteiger partial charge in [-0.25, -0.2) is 0 Å². The van der Waals surface area contributed by atoms with E-state index in [1.807, 2.05) is 28.8 Å². The van der Waals surface area contributed by atoms with Gasteiger partial charge in [0.15, 0.2) is 0 Å². The molecule has 1 aliphatic heterocycles. The van der Waals surface area contributed by atoms with Crippen LogP contribution >= 0.6 is 27.7 Å². The van der Waals surface area contributed by atoms with Crippen molar-refractivity contribution in [3.63, 3.8) is 0 Å². The lowest BCUT2D eigenvalue weighted by Crippen LogP contribution is -2.47. The zero-order valence-corrected chi connectivity index (χ0v) is 12.9. The predicted octanol–water partition coefficient (Wildman–Crippen LogP) is 3.00. The van der Waals surface area contributed by atoms with Gasteiger partial charge in [0.05, 0.1) is 0 Å². The molecule has 0 bridgehead atoms. The first-order valence-electron chi connectivity index (χ1n) is 5.98. The van der Waals surface area contributed by atoms with Crippen LogP contribution in [0, 0.1) is 0 Å². The SMILES string of the molecule is CC1SCCN(C(=O)c2ccc(Br)c(N)c2)C1C. The fourth-order valence-corrected chi connectivity index (χ4v) is 3.41. The molecule has 0 aliphatic carbocycles. The number of carbonyl (C=O) groups excluding carboxylic acids is 1. The van der Waals surface area contributed by atoms with Crippen molar-refractivity contribution < 1.29 is 4.79 Å². The lowest BCUT2D eigenvalue weighted by atomic mass is 10.1. The molecule has 0 saturated carbocycles. The number of rotatable bonds is 1. The quantitative estimate of drug-likeness (QED) is 0.806. The zero-order chi connectivity index (χ0) is 13.3. The average molecular weight is 329 g/mol. The largest absolute Gasteiger partial charge is 0.398 e. The van der Waals surface area contributed by atoms with E-state index in [1.54, 1.807) is 6.07 Å². The lowest BCUT2D eigenvalue weighted by Gasteiger charge is -2.37. The first-order chi connectivity index (χ1) is 8.50. The Balaban J connectivity index is 2.22. The Bertz CT molecular complexity index is 466. The molecule has 1 aromatic rings. The van der Waals surface area contributed by atoms with Crippen molar-refractivity contribution in [3.8, 4) is 0 Å². The second kappa shape index (κ2) is 5.53. The number of amides is 1. The summed E-state index contributed by atoms with van der Waals surface area (Å²) in [5.74, 6) is 1.08. The summed E-state index contributed by atoms with van der Waals surface area (Å²) in [4.78, 5) is 14.4. The van der Waals surface area contributed by atoms with Crippen LogP contribution in [0.15, 0.2) is 22.7 Å². The summed E-state index contributed by atoms with van der Waals surface area (Å²) >= 11 is 5.26. The molecule has 0 spiro atoms. The van der Waals surface area contributed by atoms with Crippen LogP contribution in [-0.2, 0) is 0 Å². The van der Waals surface area contributed by atoms with E-state index in [0.29, 0.717) is 16.5 Å². The molecule has 1 amide bonds. The summed E-state index contributed by atoms with van der Waals surface area (Å²) in [5.41, 5.74) is 7.10. The van der Waals surface area contributed by atoms with E-state index in [9.17, 15) is 4.79 Å².